The van der Waals surface area contributed by atoms with Crippen LogP contribution in [0.15, 0.2) is 24.3 Å². The Hall–Kier alpha value is -1.42. The summed E-state index contributed by atoms with van der Waals surface area (Å²) in [6.07, 6.45) is 0.150. The van der Waals surface area contributed by atoms with Crippen LogP contribution in [-0.2, 0) is 11.2 Å². The number of nitrogens with one attached hydrogen (secondary N) is 1. The lowest BCUT2D eigenvalue weighted by Crippen LogP contribution is -2.52. The van der Waals surface area contributed by atoms with Crippen molar-refractivity contribution >= 4 is 5.91 Å². The van der Waals surface area contributed by atoms with Gasteiger partial charge in [-0.05, 0) is 18.6 Å². The minimum Gasteiger partial charge on any atom is -0.337 e. The summed E-state index contributed by atoms with van der Waals surface area (Å²) in [5.74, 6) is -0.298. The molecule has 17 heavy (non-hydrogen) atoms. The van der Waals surface area contributed by atoms with Gasteiger partial charge in [0.2, 0.25) is 5.91 Å². The van der Waals surface area contributed by atoms with Gasteiger partial charge in [-0.2, -0.15) is 0 Å². The molecule has 4 heteroatoms. The molecule has 1 aromatic rings. The van der Waals surface area contributed by atoms with Crippen LogP contribution >= 0.6 is 0 Å². The number of nitrogens with zero attached hydrogens (tertiary/aromatic N) is 1. The first-order chi connectivity index (χ1) is 8.18. The predicted octanol–water partition coefficient (Wildman–Crippen LogP) is 1.19. The molecule has 0 bridgehead atoms. The molecule has 0 spiro atoms. The van der Waals surface area contributed by atoms with Crippen molar-refractivity contribution in [2.45, 2.75) is 19.4 Å². The summed E-state index contributed by atoms with van der Waals surface area (Å²) in [6, 6.07) is 6.64. The van der Waals surface area contributed by atoms with Crippen molar-refractivity contribution in [3.05, 3.63) is 35.6 Å². The maximum atomic E-state index is 13.4. The second-order valence-electron chi connectivity index (χ2n) is 4.41. The predicted molar refractivity (Wildman–Crippen MR) is 64.1 cm³/mol. The number of carbonyl (C=O) groups excluding carboxylic acids is 1. The molecule has 1 N–H and O–H groups in total. The highest BCUT2D eigenvalue weighted by atomic mass is 19.1. The first-order valence-corrected chi connectivity index (χ1v) is 5.92. The third-order valence-electron chi connectivity index (χ3n) is 3.12. The van der Waals surface area contributed by atoms with Crippen LogP contribution in [0.5, 0.6) is 0 Å². The van der Waals surface area contributed by atoms with E-state index in [1.807, 2.05) is 11.8 Å². The zero-order chi connectivity index (χ0) is 12.3. The van der Waals surface area contributed by atoms with Crippen molar-refractivity contribution in [3.63, 3.8) is 0 Å². The van der Waals surface area contributed by atoms with E-state index in [-0.39, 0.29) is 24.2 Å². The van der Waals surface area contributed by atoms with E-state index in [1.54, 1.807) is 18.2 Å². The topological polar surface area (TPSA) is 32.3 Å². The number of hydrogen-bond donors (Lipinski definition) is 1. The maximum Gasteiger partial charge on any atom is 0.227 e. The van der Waals surface area contributed by atoms with E-state index < -0.39 is 0 Å². The van der Waals surface area contributed by atoms with Gasteiger partial charge in [-0.1, -0.05) is 18.2 Å². The fourth-order valence-electron chi connectivity index (χ4n) is 2.12. The summed E-state index contributed by atoms with van der Waals surface area (Å²) in [5.41, 5.74) is 0.475. The van der Waals surface area contributed by atoms with E-state index in [2.05, 4.69) is 5.32 Å². The molecule has 92 valence electrons. The molecule has 1 saturated heterocycles. The van der Waals surface area contributed by atoms with Gasteiger partial charge in [0.05, 0.1) is 6.42 Å². The van der Waals surface area contributed by atoms with Gasteiger partial charge < -0.3 is 10.2 Å². The van der Waals surface area contributed by atoms with Crippen LogP contribution in [-0.4, -0.2) is 36.5 Å². The van der Waals surface area contributed by atoms with Crippen LogP contribution in [0, 0.1) is 5.82 Å². The average Bonchev–Trinajstić information content (AvgIpc) is 2.32. The van der Waals surface area contributed by atoms with Crippen LogP contribution in [0.4, 0.5) is 4.39 Å². The minimum absolute atomic E-state index is 0.00380. The lowest BCUT2D eigenvalue weighted by molar-refractivity contribution is -0.133. The number of carbonyl (C=O) groups is 1. The Morgan fingerprint density at radius 1 is 1.53 bits per heavy atom. The molecule has 2 rings (SSSR count). The standard InChI is InChI=1S/C13H17FN2O/c1-10-9-15-6-7-16(10)13(17)8-11-4-2-3-5-12(11)14/h2-5,10,15H,6-9H2,1H3/t10-/m0/s1. The van der Waals surface area contributed by atoms with Crippen LogP contribution < -0.4 is 5.32 Å². The third-order valence-corrected chi connectivity index (χ3v) is 3.12. The smallest absolute Gasteiger partial charge is 0.227 e. The summed E-state index contributed by atoms with van der Waals surface area (Å²) >= 11 is 0. The lowest BCUT2D eigenvalue weighted by atomic mass is 10.1. The Balaban J connectivity index is 2.03. The Morgan fingerprint density at radius 2 is 2.29 bits per heavy atom. The minimum atomic E-state index is -0.302. The molecule has 0 saturated carbocycles. The summed E-state index contributed by atoms with van der Waals surface area (Å²) in [7, 11) is 0. The summed E-state index contributed by atoms with van der Waals surface area (Å²) < 4.78 is 13.4. The number of rotatable bonds is 2. The molecule has 3 nitrogen and oxygen atoms in total. The monoisotopic (exact) mass is 236 g/mol. The molecule has 0 unspecified atom stereocenters. The lowest BCUT2D eigenvalue weighted by Gasteiger charge is -2.34. The maximum absolute atomic E-state index is 13.4. The second-order valence-corrected chi connectivity index (χ2v) is 4.41. The van der Waals surface area contributed by atoms with Crippen molar-refractivity contribution < 1.29 is 9.18 Å². The van der Waals surface area contributed by atoms with Gasteiger partial charge in [-0.3, -0.25) is 4.79 Å². The molecular formula is C13H17FN2O. The van der Waals surface area contributed by atoms with E-state index in [4.69, 9.17) is 0 Å². The Labute approximate surface area is 101 Å². The largest absolute Gasteiger partial charge is 0.337 e. The zero-order valence-electron chi connectivity index (χ0n) is 9.95. The molecule has 1 aliphatic heterocycles. The van der Waals surface area contributed by atoms with Gasteiger partial charge in [0.25, 0.3) is 0 Å². The summed E-state index contributed by atoms with van der Waals surface area (Å²) in [5, 5.41) is 3.23. The van der Waals surface area contributed by atoms with Gasteiger partial charge in [0.1, 0.15) is 5.82 Å². The quantitative estimate of drug-likeness (QED) is 0.836. The van der Waals surface area contributed by atoms with Crippen molar-refractivity contribution in [3.8, 4) is 0 Å². The number of piperazine rings is 1. The molecule has 0 aromatic heterocycles. The van der Waals surface area contributed by atoms with Gasteiger partial charge in [-0.25, -0.2) is 4.39 Å². The SMILES string of the molecule is C[C@H]1CNCCN1C(=O)Cc1ccccc1F. The highest BCUT2D eigenvalue weighted by Gasteiger charge is 2.23. The van der Waals surface area contributed by atoms with Gasteiger partial charge >= 0.3 is 0 Å². The molecule has 1 atom stereocenters. The van der Waals surface area contributed by atoms with Crippen molar-refractivity contribution in [1.82, 2.24) is 10.2 Å². The number of amides is 1. The Morgan fingerprint density at radius 3 is 3.00 bits per heavy atom. The molecule has 1 amide bonds. The van der Waals surface area contributed by atoms with Crippen LogP contribution in [0.2, 0.25) is 0 Å². The van der Waals surface area contributed by atoms with E-state index in [0.717, 1.165) is 13.1 Å². The molecule has 1 heterocycles. The number of hydrogen-bond acceptors (Lipinski definition) is 2. The second kappa shape index (κ2) is 5.27. The van der Waals surface area contributed by atoms with Crippen LogP contribution in [0.25, 0.3) is 0 Å². The van der Waals surface area contributed by atoms with Gasteiger partial charge in [0, 0.05) is 25.7 Å². The normalized spacial score (nSPS) is 20.4. The Bertz CT molecular complexity index is 408. The number of benzene rings is 1. The molecule has 1 aromatic carbocycles. The highest BCUT2D eigenvalue weighted by Crippen LogP contribution is 2.11. The van der Waals surface area contributed by atoms with E-state index in [9.17, 15) is 9.18 Å². The van der Waals surface area contributed by atoms with Crippen LogP contribution in [0.3, 0.4) is 0 Å². The number of halogens is 1. The van der Waals surface area contributed by atoms with E-state index >= 15 is 0 Å². The zero-order valence-corrected chi connectivity index (χ0v) is 9.95. The summed E-state index contributed by atoms with van der Waals surface area (Å²) in [4.78, 5) is 13.9. The van der Waals surface area contributed by atoms with E-state index in [0.29, 0.717) is 12.1 Å². The molecule has 1 fully saturated rings. The molecule has 0 aliphatic carbocycles. The van der Waals surface area contributed by atoms with Crippen molar-refractivity contribution in [1.29, 1.82) is 0 Å². The first kappa shape index (κ1) is 12.0. The fourth-order valence-corrected chi connectivity index (χ4v) is 2.12. The summed E-state index contributed by atoms with van der Waals surface area (Å²) in [6.45, 7) is 4.33. The third kappa shape index (κ3) is 2.82. The average molecular weight is 236 g/mol. The van der Waals surface area contributed by atoms with Gasteiger partial charge in [-0.15, -0.1) is 0 Å². The van der Waals surface area contributed by atoms with Gasteiger partial charge in [0.15, 0.2) is 0 Å². The van der Waals surface area contributed by atoms with Crippen molar-refractivity contribution in [2.75, 3.05) is 19.6 Å². The van der Waals surface area contributed by atoms with E-state index in [1.165, 1.54) is 6.07 Å². The molecule has 1 aliphatic rings. The van der Waals surface area contributed by atoms with Crippen LogP contribution in [0.1, 0.15) is 12.5 Å². The first-order valence-electron chi connectivity index (χ1n) is 5.92. The Kier molecular flexibility index (Phi) is 3.74. The van der Waals surface area contributed by atoms with Crippen molar-refractivity contribution in [2.24, 2.45) is 0 Å². The molecular weight excluding hydrogens is 219 g/mol. The fraction of sp³-hybridized carbons (Fsp3) is 0.462. The highest BCUT2D eigenvalue weighted by molar-refractivity contribution is 5.79. The molecule has 0 radical (unpaired) electrons.